The molecule has 18 heavy (non-hydrogen) atoms. The number of rotatable bonds is 0. The lowest BCUT2D eigenvalue weighted by atomic mass is 9.87. The molecule has 3 nitrogen and oxygen atoms in total. The number of benzene rings is 1. The largest absolute Gasteiger partial charge is 0.485 e. The van der Waals surface area contributed by atoms with Crippen molar-refractivity contribution in [2.75, 3.05) is 13.6 Å². The fraction of sp³-hybridized carbons (Fsp3) is 0.571. The van der Waals surface area contributed by atoms with Crippen LogP contribution in [0, 0.1) is 0 Å². The third-order valence-electron chi connectivity index (χ3n) is 4.18. The monoisotopic (exact) mass is 311 g/mol. The zero-order chi connectivity index (χ0) is 12.9. The van der Waals surface area contributed by atoms with Crippen molar-refractivity contribution in [1.82, 2.24) is 4.90 Å². The van der Waals surface area contributed by atoms with Crippen molar-refractivity contribution in [3.63, 3.8) is 0 Å². The molecule has 3 atom stereocenters. The minimum atomic E-state index is -0.416. The molecule has 4 heteroatoms. The standard InChI is InChI=1S/C14H18BrNO2/c1-9-6-14(8-16(9)2)7-12(17)11-4-3-10(15)5-13(11)18-14/h3-5,9,12,17H,6-8H2,1-2H3/t9?,12-,14?/m0/s1. The maximum absolute atomic E-state index is 10.3. The van der Waals surface area contributed by atoms with E-state index >= 15 is 0 Å². The van der Waals surface area contributed by atoms with Gasteiger partial charge in [-0.15, -0.1) is 0 Å². The summed E-state index contributed by atoms with van der Waals surface area (Å²) in [4.78, 5) is 2.30. The maximum atomic E-state index is 10.3. The zero-order valence-corrected chi connectivity index (χ0v) is 12.3. The number of aliphatic hydroxyl groups excluding tert-OH is 1. The summed E-state index contributed by atoms with van der Waals surface area (Å²) >= 11 is 3.46. The van der Waals surface area contributed by atoms with E-state index in [1.807, 2.05) is 18.2 Å². The molecule has 2 heterocycles. The topological polar surface area (TPSA) is 32.7 Å². The Labute approximate surface area is 116 Å². The van der Waals surface area contributed by atoms with Crippen molar-refractivity contribution in [3.05, 3.63) is 28.2 Å². The van der Waals surface area contributed by atoms with Crippen LogP contribution in [-0.2, 0) is 0 Å². The first-order chi connectivity index (χ1) is 8.49. The van der Waals surface area contributed by atoms with Crippen molar-refractivity contribution < 1.29 is 9.84 Å². The van der Waals surface area contributed by atoms with Gasteiger partial charge in [0, 0.05) is 35.5 Å². The Balaban J connectivity index is 1.96. The SMILES string of the molecule is CC1CC2(C[C@H](O)c3ccc(Br)cc3O2)CN1C. The number of aliphatic hydroxyl groups is 1. The van der Waals surface area contributed by atoms with Gasteiger partial charge in [-0.1, -0.05) is 22.0 Å². The average Bonchev–Trinajstić information content (AvgIpc) is 2.52. The molecule has 0 aliphatic carbocycles. The van der Waals surface area contributed by atoms with Crippen LogP contribution in [0.5, 0.6) is 5.75 Å². The normalized spacial score (nSPS) is 35.6. The van der Waals surface area contributed by atoms with Gasteiger partial charge < -0.3 is 9.84 Å². The lowest BCUT2D eigenvalue weighted by Crippen LogP contribution is -2.43. The number of nitrogens with zero attached hydrogens (tertiary/aromatic N) is 1. The predicted octanol–water partition coefficient (Wildman–Crippen LogP) is 2.73. The Hall–Kier alpha value is -0.580. The molecule has 2 aliphatic rings. The van der Waals surface area contributed by atoms with Crippen LogP contribution in [0.25, 0.3) is 0 Å². The lowest BCUT2D eigenvalue weighted by molar-refractivity contribution is -0.00613. The average molecular weight is 312 g/mol. The number of likely N-dealkylation sites (N-methyl/N-ethyl adjacent to an activating group) is 1. The number of fused-ring (bicyclic) bond motifs is 1. The highest BCUT2D eigenvalue weighted by atomic mass is 79.9. The molecule has 3 rings (SSSR count). The van der Waals surface area contributed by atoms with Gasteiger partial charge in [-0.2, -0.15) is 0 Å². The Bertz CT molecular complexity index is 467. The van der Waals surface area contributed by atoms with Crippen LogP contribution in [-0.4, -0.2) is 35.2 Å². The van der Waals surface area contributed by atoms with Crippen LogP contribution in [0.1, 0.15) is 31.4 Å². The van der Waals surface area contributed by atoms with Gasteiger partial charge in [0.15, 0.2) is 0 Å². The highest BCUT2D eigenvalue weighted by Crippen LogP contribution is 2.45. The fourth-order valence-electron chi connectivity index (χ4n) is 3.20. The van der Waals surface area contributed by atoms with Crippen LogP contribution in [0.4, 0.5) is 0 Å². The highest BCUT2D eigenvalue weighted by molar-refractivity contribution is 9.10. The molecule has 1 spiro atoms. The molecule has 1 fully saturated rings. The van der Waals surface area contributed by atoms with Crippen molar-refractivity contribution in [1.29, 1.82) is 0 Å². The van der Waals surface area contributed by atoms with E-state index in [-0.39, 0.29) is 5.60 Å². The minimum absolute atomic E-state index is 0.221. The molecule has 1 aromatic rings. The zero-order valence-electron chi connectivity index (χ0n) is 10.7. The second-order valence-electron chi connectivity index (χ2n) is 5.66. The predicted molar refractivity (Wildman–Crippen MR) is 73.8 cm³/mol. The van der Waals surface area contributed by atoms with Gasteiger partial charge in [0.05, 0.1) is 6.10 Å². The Morgan fingerprint density at radius 3 is 2.89 bits per heavy atom. The van der Waals surface area contributed by atoms with Crippen LogP contribution >= 0.6 is 15.9 Å². The van der Waals surface area contributed by atoms with E-state index in [1.165, 1.54) is 0 Å². The summed E-state index contributed by atoms with van der Waals surface area (Å²) in [5.41, 5.74) is 0.688. The molecule has 1 saturated heterocycles. The first kappa shape index (κ1) is 12.5. The summed E-state index contributed by atoms with van der Waals surface area (Å²) in [6.45, 7) is 3.10. The smallest absolute Gasteiger partial charge is 0.127 e. The van der Waals surface area contributed by atoms with Gasteiger partial charge in [-0.3, -0.25) is 4.90 Å². The van der Waals surface area contributed by atoms with Gasteiger partial charge in [-0.25, -0.2) is 0 Å². The van der Waals surface area contributed by atoms with E-state index in [0.717, 1.165) is 28.8 Å². The van der Waals surface area contributed by atoms with Gasteiger partial charge in [0.25, 0.3) is 0 Å². The first-order valence-electron chi connectivity index (χ1n) is 6.36. The van der Waals surface area contributed by atoms with Crippen LogP contribution < -0.4 is 4.74 Å². The summed E-state index contributed by atoms with van der Waals surface area (Å²) in [7, 11) is 2.12. The third kappa shape index (κ3) is 1.96. The summed E-state index contributed by atoms with van der Waals surface area (Å²) < 4.78 is 7.23. The maximum Gasteiger partial charge on any atom is 0.127 e. The lowest BCUT2D eigenvalue weighted by Gasteiger charge is -2.38. The van der Waals surface area contributed by atoms with Gasteiger partial charge in [0.1, 0.15) is 11.4 Å². The van der Waals surface area contributed by atoms with E-state index in [0.29, 0.717) is 12.5 Å². The Morgan fingerprint density at radius 2 is 2.22 bits per heavy atom. The van der Waals surface area contributed by atoms with Gasteiger partial charge >= 0.3 is 0 Å². The number of halogens is 1. The number of hydrogen-bond acceptors (Lipinski definition) is 3. The molecular formula is C14H18BrNO2. The molecule has 1 N–H and O–H groups in total. The molecule has 2 aliphatic heterocycles. The molecule has 2 unspecified atom stereocenters. The second kappa shape index (κ2) is 4.22. The van der Waals surface area contributed by atoms with E-state index in [2.05, 4.69) is 34.8 Å². The number of ether oxygens (including phenoxy) is 1. The molecule has 0 saturated carbocycles. The van der Waals surface area contributed by atoms with Crippen molar-refractivity contribution in [2.24, 2.45) is 0 Å². The Morgan fingerprint density at radius 1 is 1.44 bits per heavy atom. The molecule has 0 radical (unpaired) electrons. The highest BCUT2D eigenvalue weighted by Gasteiger charge is 2.47. The molecule has 0 aromatic heterocycles. The molecule has 0 bridgehead atoms. The third-order valence-corrected chi connectivity index (χ3v) is 4.68. The fourth-order valence-corrected chi connectivity index (χ4v) is 3.54. The van der Waals surface area contributed by atoms with E-state index in [1.54, 1.807) is 0 Å². The van der Waals surface area contributed by atoms with Crippen LogP contribution in [0.15, 0.2) is 22.7 Å². The van der Waals surface area contributed by atoms with Gasteiger partial charge in [0.2, 0.25) is 0 Å². The summed E-state index contributed by atoms with van der Waals surface area (Å²) in [6.07, 6.45) is 1.25. The number of hydrogen-bond donors (Lipinski definition) is 1. The number of likely N-dealkylation sites (tertiary alicyclic amines) is 1. The summed E-state index contributed by atoms with van der Waals surface area (Å²) in [5, 5.41) is 10.3. The van der Waals surface area contributed by atoms with Crippen molar-refractivity contribution in [3.8, 4) is 5.75 Å². The van der Waals surface area contributed by atoms with Crippen molar-refractivity contribution in [2.45, 2.75) is 37.5 Å². The molecule has 1 aromatic carbocycles. The quantitative estimate of drug-likeness (QED) is 0.799. The van der Waals surface area contributed by atoms with E-state index in [9.17, 15) is 5.11 Å². The molecular weight excluding hydrogens is 294 g/mol. The van der Waals surface area contributed by atoms with E-state index in [4.69, 9.17) is 4.74 Å². The van der Waals surface area contributed by atoms with Crippen LogP contribution in [0.2, 0.25) is 0 Å². The van der Waals surface area contributed by atoms with Crippen LogP contribution in [0.3, 0.4) is 0 Å². The van der Waals surface area contributed by atoms with Crippen molar-refractivity contribution >= 4 is 15.9 Å². The first-order valence-corrected chi connectivity index (χ1v) is 7.15. The Kier molecular flexibility index (Phi) is 2.92. The summed E-state index contributed by atoms with van der Waals surface area (Å²) in [5.74, 6) is 0.825. The molecule has 0 amide bonds. The second-order valence-corrected chi connectivity index (χ2v) is 6.57. The summed E-state index contributed by atoms with van der Waals surface area (Å²) in [6, 6.07) is 6.36. The molecule has 98 valence electrons. The van der Waals surface area contributed by atoms with Gasteiger partial charge in [-0.05, 0) is 26.1 Å². The van der Waals surface area contributed by atoms with E-state index < -0.39 is 6.10 Å². The minimum Gasteiger partial charge on any atom is -0.485 e.